The molecule has 0 aromatic heterocycles. The summed E-state index contributed by atoms with van der Waals surface area (Å²) >= 11 is 0. The number of aryl methyl sites for hydroxylation is 1. The summed E-state index contributed by atoms with van der Waals surface area (Å²) in [5.41, 5.74) is 0.996. The highest BCUT2D eigenvalue weighted by Crippen LogP contribution is 2.23. The van der Waals surface area contributed by atoms with Crippen molar-refractivity contribution in [2.24, 2.45) is 0 Å². The van der Waals surface area contributed by atoms with Gasteiger partial charge in [-0.2, -0.15) is 5.26 Å². The Kier molecular flexibility index (Phi) is 5.02. The van der Waals surface area contributed by atoms with Crippen molar-refractivity contribution in [2.45, 2.75) is 26.2 Å². The third-order valence-corrected chi connectivity index (χ3v) is 2.37. The van der Waals surface area contributed by atoms with E-state index in [1.807, 2.05) is 13.0 Å². The van der Waals surface area contributed by atoms with Crippen molar-refractivity contribution in [3.8, 4) is 11.8 Å². The molecule has 1 aromatic rings. The van der Waals surface area contributed by atoms with Gasteiger partial charge in [-0.3, -0.25) is 0 Å². The van der Waals surface area contributed by atoms with E-state index in [0.29, 0.717) is 18.8 Å². The number of benzene rings is 1. The highest BCUT2D eigenvalue weighted by molar-refractivity contribution is 5.91. The third-order valence-electron chi connectivity index (χ3n) is 2.37. The molecule has 0 amide bonds. The SMILES string of the molecule is Cc1cccc(C(=O)O)c1OCCCCC#N. The predicted molar refractivity (Wildman–Crippen MR) is 63.1 cm³/mol. The maximum atomic E-state index is 11.0. The molecule has 0 aliphatic rings. The lowest BCUT2D eigenvalue weighted by Crippen LogP contribution is -2.06. The average Bonchev–Trinajstić information content (AvgIpc) is 2.30. The molecule has 0 aliphatic heterocycles. The van der Waals surface area contributed by atoms with E-state index in [2.05, 4.69) is 6.07 Å². The van der Waals surface area contributed by atoms with Crippen molar-refractivity contribution in [1.29, 1.82) is 5.26 Å². The molecule has 0 atom stereocenters. The van der Waals surface area contributed by atoms with E-state index in [1.165, 1.54) is 6.07 Å². The fourth-order valence-electron chi connectivity index (χ4n) is 1.49. The minimum Gasteiger partial charge on any atom is -0.492 e. The molecule has 0 fully saturated rings. The molecule has 0 saturated heterocycles. The zero-order valence-corrected chi connectivity index (χ0v) is 9.77. The maximum Gasteiger partial charge on any atom is 0.339 e. The fraction of sp³-hybridized carbons (Fsp3) is 0.385. The predicted octanol–water partition coefficient (Wildman–Crippen LogP) is 2.77. The number of carbonyl (C=O) groups is 1. The smallest absolute Gasteiger partial charge is 0.339 e. The zero-order chi connectivity index (χ0) is 12.7. The second-order valence-electron chi connectivity index (χ2n) is 3.72. The van der Waals surface area contributed by atoms with Crippen LogP contribution >= 0.6 is 0 Å². The van der Waals surface area contributed by atoms with E-state index in [9.17, 15) is 4.79 Å². The van der Waals surface area contributed by atoms with Gasteiger partial charge in [0.2, 0.25) is 0 Å². The second-order valence-corrected chi connectivity index (χ2v) is 3.72. The van der Waals surface area contributed by atoms with Crippen LogP contribution in [0.2, 0.25) is 0 Å². The van der Waals surface area contributed by atoms with Gasteiger partial charge in [0.05, 0.1) is 12.7 Å². The Balaban J connectivity index is 2.63. The Labute approximate surface area is 100 Å². The molecule has 17 heavy (non-hydrogen) atoms. The lowest BCUT2D eigenvalue weighted by Gasteiger charge is -2.11. The first-order valence-electron chi connectivity index (χ1n) is 5.49. The monoisotopic (exact) mass is 233 g/mol. The van der Waals surface area contributed by atoms with Gasteiger partial charge < -0.3 is 9.84 Å². The second kappa shape index (κ2) is 6.54. The van der Waals surface area contributed by atoms with E-state index in [-0.39, 0.29) is 5.56 Å². The molecular weight excluding hydrogens is 218 g/mol. The highest BCUT2D eigenvalue weighted by Gasteiger charge is 2.12. The van der Waals surface area contributed by atoms with E-state index in [4.69, 9.17) is 15.1 Å². The minimum atomic E-state index is -0.985. The molecule has 1 rings (SSSR count). The van der Waals surface area contributed by atoms with Crippen molar-refractivity contribution in [2.75, 3.05) is 6.61 Å². The summed E-state index contributed by atoms with van der Waals surface area (Å²) in [5, 5.41) is 17.4. The molecule has 0 unspecified atom stereocenters. The number of carboxylic acid groups (broad SMARTS) is 1. The van der Waals surface area contributed by atoms with Gasteiger partial charge in [-0.25, -0.2) is 4.79 Å². The van der Waals surface area contributed by atoms with Crippen LogP contribution in [0.3, 0.4) is 0 Å². The van der Waals surface area contributed by atoms with Crippen LogP contribution in [-0.4, -0.2) is 17.7 Å². The number of unbranched alkanes of at least 4 members (excludes halogenated alkanes) is 2. The number of aromatic carboxylic acids is 1. The summed E-state index contributed by atoms with van der Waals surface area (Å²) in [6, 6.07) is 7.10. The molecule has 4 heteroatoms. The van der Waals surface area contributed by atoms with Gasteiger partial charge in [-0.05, 0) is 31.4 Å². The summed E-state index contributed by atoms with van der Waals surface area (Å²) in [7, 11) is 0. The number of rotatable bonds is 6. The van der Waals surface area contributed by atoms with Gasteiger partial charge in [0.15, 0.2) is 0 Å². The summed E-state index contributed by atoms with van der Waals surface area (Å²) < 4.78 is 5.49. The molecule has 0 radical (unpaired) electrons. The first-order chi connectivity index (χ1) is 8.16. The normalized spacial score (nSPS) is 9.65. The summed E-state index contributed by atoms with van der Waals surface area (Å²) in [5.74, 6) is -0.558. The van der Waals surface area contributed by atoms with Crippen molar-refractivity contribution in [3.63, 3.8) is 0 Å². The van der Waals surface area contributed by atoms with Gasteiger partial charge in [-0.15, -0.1) is 0 Å². The molecule has 1 N–H and O–H groups in total. The Bertz CT molecular complexity index is 435. The Hall–Kier alpha value is -2.02. The van der Waals surface area contributed by atoms with Gasteiger partial charge in [-0.1, -0.05) is 12.1 Å². The number of hydrogen-bond acceptors (Lipinski definition) is 3. The molecule has 0 bridgehead atoms. The average molecular weight is 233 g/mol. The number of ether oxygens (including phenoxy) is 1. The summed E-state index contributed by atoms with van der Waals surface area (Å²) in [6.07, 6.45) is 2.02. The number of nitrogens with zero attached hydrogens (tertiary/aromatic N) is 1. The van der Waals surface area contributed by atoms with E-state index >= 15 is 0 Å². The van der Waals surface area contributed by atoms with E-state index < -0.39 is 5.97 Å². The lowest BCUT2D eigenvalue weighted by atomic mass is 10.1. The molecular formula is C13H15NO3. The van der Waals surface area contributed by atoms with Crippen LogP contribution < -0.4 is 4.74 Å². The maximum absolute atomic E-state index is 11.0. The quantitative estimate of drug-likeness (QED) is 0.767. The molecule has 0 saturated carbocycles. The van der Waals surface area contributed by atoms with Crippen molar-refractivity contribution in [3.05, 3.63) is 29.3 Å². The molecule has 0 heterocycles. The first kappa shape index (κ1) is 13.0. The van der Waals surface area contributed by atoms with Gasteiger partial charge in [0.25, 0.3) is 0 Å². The third kappa shape index (κ3) is 3.80. The highest BCUT2D eigenvalue weighted by atomic mass is 16.5. The van der Waals surface area contributed by atoms with Gasteiger partial charge >= 0.3 is 5.97 Å². The van der Waals surface area contributed by atoms with E-state index in [1.54, 1.807) is 6.07 Å². The number of carboxylic acids is 1. The fourth-order valence-corrected chi connectivity index (χ4v) is 1.49. The number of hydrogen-bond donors (Lipinski definition) is 1. The number of para-hydroxylation sites is 1. The Morgan fingerprint density at radius 3 is 2.88 bits per heavy atom. The standard InChI is InChI=1S/C13H15NO3/c1-10-6-5-7-11(13(15)16)12(10)17-9-4-2-3-8-14/h5-7H,2-4,9H2,1H3,(H,15,16). The largest absolute Gasteiger partial charge is 0.492 e. The van der Waals surface area contributed by atoms with Crippen molar-refractivity contribution < 1.29 is 14.6 Å². The van der Waals surface area contributed by atoms with Crippen LogP contribution in [0, 0.1) is 18.3 Å². The topological polar surface area (TPSA) is 70.3 Å². The molecule has 0 spiro atoms. The summed E-state index contributed by atoms with van der Waals surface area (Å²) in [4.78, 5) is 11.0. The van der Waals surface area contributed by atoms with Crippen LogP contribution in [0.1, 0.15) is 35.2 Å². The van der Waals surface area contributed by atoms with Crippen LogP contribution in [-0.2, 0) is 0 Å². The van der Waals surface area contributed by atoms with Crippen molar-refractivity contribution >= 4 is 5.97 Å². The van der Waals surface area contributed by atoms with Crippen molar-refractivity contribution in [1.82, 2.24) is 0 Å². The lowest BCUT2D eigenvalue weighted by molar-refractivity contribution is 0.0692. The van der Waals surface area contributed by atoms with Gasteiger partial charge in [0.1, 0.15) is 11.3 Å². The van der Waals surface area contributed by atoms with Crippen LogP contribution in [0.15, 0.2) is 18.2 Å². The molecule has 90 valence electrons. The molecule has 4 nitrogen and oxygen atoms in total. The van der Waals surface area contributed by atoms with Crippen LogP contribution in [0.5, 0.6) is 5.75 Å². The number of nitriles is 1. The van der Waals surface area contributed by atoms with Crippen LogP contribution in [0.4, 0.5) is 0 Å². The first-order valence-corrected chi connectivity index (χ1v) is 5.49. The Morgan fingerprint density at radius 1 is 1.47 bits per heavy atom. The summed E-state index contributed by atoms with van der Waals surface area (Å²) in [6.45, 7) is 2.25. The Morgan fingerprint density at radius 2 is 2.24 bits per heavy atom. The van der Waals surface area contributed by atoms with Crippen LogP contribution in [0.25, 0.3) is 0 Å². The minimum absolute atomic E-state index is 0.185. The van der Waals surface area contributed by atoms with E-state index in [0.717, 1.165) is 18.4 Å². The zero-order valence-electron chi connectivity index (χ0n) is 9.77. The van der Waals surface area contributed by atoms with Gasteiger partial charge in [0, 0.05) is 6.42 Å². The molecule has 1 aromatic carbocycles. The molecule has 0 aliphatic carbocycles.